The molecule has 0 saturated carbocycles. The molecule has 1 aliphatic rings. The average molecular weight is 317 g/mol. The molecule has 22 heavy (non-hydrogen) atoms. The second-order valence-corrected chi connectivity index (χ2v) is 6.07. The SMILES string of the molecule is CCc1ccc(N2CCN(C(=O)c3nnsc3N)CC2)cc1. The van der Waals surface area contributed by atoms with Gasteiger partial charge in [-0.05, 0) is 24.1 Å². The number of nitrogens with zero attached hydrogens (tertiary/aromatic N) is 4. The summed E-state index contributed by atoms with van der Waals surface area (Å²) in [4.78, 5) is 16.4. The molecule has 1 aromatic carbocycles. The molecule has 1 fully saturated rings. The quantitative estimate of drug-likeness (QED) is 0.931. The van der Waals surface area contributed by atoms with Gasteiger partial charge in [-0.2, -0.15) is 0 Å². The maximum absolute atomic E-state index is 12.3. The van der Waals surface area contributed by atoms with Crippen molar-refractivity contribution in [2.45, 2.75) is 13.3 Å². The minimum Gasteiger partial charge on any atom is -0.387 e. The molecule has 0 spiro atoms. The zero-order valence-corrected chi connectivity index (χ0v) is 13.3. The Labute approximate surface area is 133 Å². The van der Waals surface area contributed by atoms with Crippen LogP contribution >= 0.6 is 11.5 Å². The minimum absolute atomic E-state index is 0.118. The van der Waals surface area contributed by atoms with Gasteiger partial charge in [0.25, 0.3) is 5.91 Å². The van der Waals surface area contributed by atoms with Crippen molar-refractivity contribution >= 4 is 28.1 Å². The molecule has 1 saturated heterocycles. The summed E-state index contributed by atoms with van der Waals surface area (Å²) < 4.78 is 3.73. The van der Waals surface area contributed by atoms with Gasteiger partial charge in [-0.15, -0.1) is 5.10 Å². The van der Waals surface area contributed by atoms with Crippen LogP contribution in [-0.4, -0.2) is 46.6 Å². The lowest BCUT2D eigenvalue weighted by molar-refractivity contribution is 0.0742. The highest BCUT2D eigenvalue weighted by molar-refractivity contribution is 7.10. The lowest BCUT2D eigenvalue weighted by Crippen LogP contribution is -2.49. The van der Waals surface area contributed by atoms with Gasteiger partial charge in [0.05, 0.1) is 0 Å². The third kappa shape index (κ3) is 2.89. The van der Waals surface area contributed by atoms with Crippen molar-refractivity contribution in [1.82, 2.24) is 14.5 Å². The van der Waals surface area contributed by atoms with Crippen LogP contribution in [0.1, 0.15) is 23.0 Å². The van der Waals surface area contributed by atoms with Crippen LogP contribution in [0.25, 0.3) is 0 Å². The maximum Gasteiger partial charge on any atom is 0.277 e. The van der Waals surface area contributed by atoms with Crippen LogP contribution < -0.4 is 10.6 Å². The number of piperazine rings is 1. The first-order valence-corrected chi connectivity index (χ1v) is 8.17. The lowest BCUT2D eigenvalue weighted by Gasteiger charge is -2.35. The Morgan fingerprint density at radius 2 is 1.91 bits per heavy atom. The molecule has 0 unspecified atom stereocenters. The number of rotatable bonds is 3. The summed E-state index contributed by atoms with van der Waals surface area (Å²) in [6, 6.07) is 8.63. The Morgan fingerprint density at radius 3 is 2.45 bits per heavy atom. The summed E-state index contributed by atoms with van der Waals surface area (Å²) in [7, 11) is 0. The molecule has 1 aliphatic heterocycles. The normalized spacial score (nSPS) is 15.1. The van der Waals surface area contributed by atoms with Gasteiger partial charge in [-0.3, -0.25) is 4.79 Å². The van der Waals surface area contributed by atoms with E-state index in [1.807, 2.05) is 0 Å². The van der Waals surface area contributed by atoms with E-state index in [-0.39, 0.29) is 11.6 Å². The Morgan fingerprint density at radius 1 is 1.23 bits per heavy atom. The fourth-order valence-electron chi connectivity index (χ4n) is 2.61. The minimum atomic E-state index is -0.118. The Kier molecular flexibility index (Phi) is 4.24. The summed E-state index contributed by atoms with van der Waals surface area (Å²) in [6.07, 6.45) is 1.05. The highest BCUT2D eigenvalue weighted by Gasteiger charge is 2.25. The lowest BCUT2D eigenvalue weighted by atomic mass is 10.1. The summed E-state index contributed by atoms with van der Waals surface area (Å²) in [5.74, 6) is -0.118. The molecule has 1 amide bonds. The summed E-state index contributed by atoms with van der Waals surface area (Å²) in [5, 5.41) is 4.22. The molecule has 0 bridgehead atoms. The summed E-state index contributed by atoms with van der Waals surface area (Å²) in [5.41, 5.74) is 8.56. The molecule has 2 heterocycles. The van der Waals surface area contributed by atoms with Crippen molar-refractivity contribution in [3.63, 3.8) is 0 Å². The smallest absolute Gasteiger partial charge is 0.277 e. The van der Waals surface area contributed by atoms with E-state index in [1.54, 1.807) is 4.90 Å². The highest BCUT2D eigenvalue weighted by Crippen LogP contribution is 2.20. The van der Waals surface area contributed by atoms with Gasteiger partial charge in [0.15, 0.2) is 5.69 Å². The van der Waals surface area contributed by atoms with Crippen molar-refractivity contribution < 1.29 is 4.79 Å². The summed E-state index contributed by atoms with van der Waals surface area (Å²) in [6.45, 7) is 5.12. The largest absolute Gasteiger partial charge is 0.387 e. The van der Waals surface area contributed by atoms with Crippen LogP contribution in [0.2, 0.25) is 0 Å². The van der Waals surface area contributed by atoms with Crippen LogP contribution in [0.4, 0.5) is 10.7 Å². The van der Waals surface area contributed by atoms with E-state index < -0.39 is 0 Å². The molecule has 6 nitrogen and oxygen atoms in total. The monoisotopic (exact) mass is 317 g/mol. The number of carbonyl (C=O) groups is 1. The number of hydrogen-bond acceptors (Lipinski definition) is 6. The first-order chi connectivity index (χ1) is 10.7. The second-order valence-electron chi connectivity index (χ2n) is 5.29. The molecular formula is C15H19N5OS. The number of anilines is 2. The Balaban J connectivity index is 1.62. The molecule has 0 radical (unpaired) electrons. The fourth-order valence-corrected chi connectivity index (χ4v) is 3.03. The number of nitrogen functional groups attached to an aromatic ring is 1. The molecule has 3 rings (SSSR count). The van der Waals surface area contributed by atoms with E-state index >= 15 is 0 Å². The van der Waals surface area contributed by atoms with Gasteiger partial charge in [0.2, 0.25) is 0 Å². The molecule has 116 valence electrons. The van der Waals surface area contributed by atoms with E-state index in [9.17, 15) is 4.79 Å². The molecule has 0 aliphatic carbocycles. The van der Waals surface area contributed by atoms with E-state index in [0.29, 0.717) is 18.1 Å². The van der Waals surface area contributed by atoms with Crippen molar-refractivity contribution in [2.75, 3.05) is 36.8 Å². The first-order valence-electron chi connectivity index (χ1n) is 7.40. The predicted molar refractivity (Wildman–Crippen MR) is 88.3 cm³/mol. The zero-order chi connectivity index (χ0) is 15.5. The predicted octanol–water partition coefficient (Wildman–Crippen LogP) is 1.65. The van der Waals surface area contributed by atoms with Crippen molar-refractivity contribution in [3.8, 4) is 0 Å². The van der Waals surface area contributed by atoms with Gasteiger partial charge in [0.1, 0.15) is 5.00 Å². The Hall–Kier alpha value is -2.15. The van der Waals surface area contributed by atoms with Crippen LogP contribution in [0.15, 0.2) is 24.3 Å². The fraction of sp³-hybridized carbons (Fsp3) is 0.400. The molecule has 2 N–H and O–H groups in total. The summed E-state index contributed by atoms with van der Waals surface area (Å²) >= 11 is 1.06. The topological polar surface area (TPSA) is 75.3 Å². The number of carbonyl (C=O) groups excluding carboxylic acids is 1. The van der Waals surface area contributed by atoms with E-state index in [0.717, 1.165) is 31.0 Å². The highest BCUT2D eigenvalue weighted by atomic mass is 32.1. The zero-order valence-electron chi connectivity index (χ0n) is 12.5. The second kappa shape index (κ2) is 6.31. The number of amides is 1. The van der Waals surface area contributed by atoms with Gasteiger partial charge in [0, 0.05) is 43.4 Å². The molecule has 2 aromatic rings. The number of aromatic nitrogens is 2. The molecule has 1 aromatic heterocycles. The van der Waals surface area contributed by atoms with E-state index in [1.165, 1.54) is 11.3 Å². The Bertz CT molecular complexity index is 646. The van der Waals surface area contributed by atoms with Crippen LogP contribution in [0.3, 0.4) is 0 Å². The van der Waals surface area contributed by atoms with Crippen LogP contribution in [0, 0.1) is 0 Å². The van der Waals surface area contributed by atoms with Crippen molar-refractivity contribution in [3.05, 3.63) is 35.5 Å². The number of hydrogen-bond donors (Lipinski definition) is 1. The first kappa shape index (κ1) is 14.8. The maximum atomic E-state index is 12.3. The van der Waals surface area contributed by atoms with Crippen LogP contribution in [-0.2, 0) is 6.42 Å². The molecular weight excluding hydrogens is 298 g/mol. The van der Waals surface area contributed by atoms with Gasteiger partial charge < -0.3 is 15.5 Å². The third-order valence-corrected chi connectivity index (χ3v) is 4.55. The van der Waals surface area contributed by atoms with Gasteiger partial charge in [-0.25, -0.2) is 0 Å². The number of aryl methyl sites for hydroxylation is 1. The number of benzene rings is 1. The molecule has 7 heteroatoms. The van der Waals surface area contributed by atoms with Gasteiger partial charge >= 0.3 is 0 Å². The van der Waals surface area contributed by atoms with Crippen LogP contribution in [0.5, 0.6) is 0 Å². The van der Waals surface area contributed by atoms with Gasteiger partial charge in [-0.1, -0.05) is 23.5 Å². The standard InChI is InChI=1S/C15H19N5OS/c1-2-11-3-5-12(6-4-11)19-7-9-20(10-8-19)15(21)13-14(16)22-18-17-13/h3-6H,2,7-10,16H2,1H3. The third-order valence-electron chi connectivity index (χ3n) is 3.99. The average Bonchev–Trinajstić information content (AvgIpc) is 3.00. The molecule has 0 atom stereocenters. The van der Waals surface area contributed by atoms with E-state index in [4.69, 9.17) is 5.73 Å². The van der Waals surface area contributed by atoms with E-state index in [2.05, 4.69) is 45.7 Å². The van der Waals surface area contributed by atoms with Crippen molar-refractivity contribution in [1.29, 1.82) is 0 Å². The van der Waals surface area contributed by atoms with Crippen molar-refractivity contribution in [2.24, 2.45) is 0 Å². The number of nitrogens with two attached hydrogens (primary N) is 1.